The summed E-state index contributed by atoms with van der Waals surface area (Å²) in [6.45, 7) is 0.0734. The van der Waals surface area contributed by atoms with Gasteiger partial charge in [-0.25, -0.2) is 0 Å². The number of methoxy groups -OCH3 is 2. The molecule has 2 rings (SSSR count). The monoisotopic (exact) mass is 361 g/mol. The Labute approximate surface area is 147 Å². The van der Waals surface area contributed by atoms with Crippen molar-refractivity contribution < 1.29 is 24.1 Å². The maximum absolute atomic E-state index is 12.3. The average Bonchev–Trinajstić information content (AvgIpc) is 2.64. The van der Waals surface area contributed by atoms with Crippen LogP contribution in [0.2, 0.25) is 0 Å². The lowest BCUT2D eigenvalue weighted by atomic mass is 10.1. The average molecular weight is 361 g/mol. The molecule has 136 valence electrons. The number of carbonyl (C=O) groups excluding carboxylic acids is 1. The molecule has 0 aliphatic carbocycles. The highest BCUT2D eigenvalue weighted by Crippen LogP contribution is 2.31. The first kappa shape index (κ1) is 18.6. The quantitative estimate of drug-likeness (QED) is 0.591. The number of nitro groups is 2. The topological polar surface area (TPSA) is 134 Å². The highest BCUT2D eigenvalue weighted by atomic mass is 16.6. The van der Waals surface area contributed by atoms with Gasteiger partial charge >= 0.3 is 11.4 Å². The zero-order chi connectivity index (χ0) is 19.3. The molecule has 1 N–H and O–H groups in total. The molecule has 0 radical (unpaired) electrons. The second-order valence-corrected chi connectivity index (χ2v) is 5.05. The molecule has 0 heterocycles. The molecule has 1 amide bonds. The van der Waals surface area contributed by atoms with Crippen LogP contribution in [0.25, 0.3) is 0 Å². The van der Waals surface area contributed by atoms with Crippen LogP contribution in [0.3, 0.4) is 0 Å². The minimum absolute atomic E-state index is 0.0656. The van der Waals surface area contributed by atoms with E-state index in [0.29, 0.717) is 17.1 Å². The Balaban J connectivity index is 2.22. The molecule has 0 fully saturated rings. The molecule has 0 aromatic heterocycles. The van der Waals surface area contributed by atoms with Crippen molar-refractivity contribution in [3.8, 4) is 11.5 Å². The summed E-state index contributed by atoms with van der Waals surface area (Å²) < 4.78 is 10.4. The molecular formula is C16H15N3O7. The molecular weight excluding hydrogens is 346 g/mol. The van der Waals surface area contributed by atoms with E-state index in [1.807, 2.05) is 0 Å². The van der Waals surface area contributed by atoms with Crippen molar-refractivity contribution in [2.75, 3.05) is 14.2 Å². The second-order valence-electron chi connectivity index (χ2n) is 5.05. The summed E-state index contributed by atoms with van der Waals surface area (Å²) in [5, 5.41) is 24.4. The first-order valence-corrected chi connectivity index (χ1v) is 7.30. The molecule has 10 heteroatoms. The molecule has 0 saturated carbocycles. The Morgan fingerprint density at radius 3 is 2.31 bits per heavy atom. The van der Waals surface area contributed by atoms with Crippen molar-refractivity contribution in [1.29, 1.82) is 0 Å². The van der Waals surface area contributed by atoms with Crippen LogP contribution < -0.4 is 14.8 Å². The third-order valence-corrected chi connectivity index (χ3v) is 3.55. The van der Waals surface area contributed by atoms with Gasteiger partial charge in [-0.1, -0.05) is 12.1 Å². The molecule has 2 aromatic carbocycles. The summed E-state index contributed by atoms with van der Waals surface area (Å²) in [6.07, 6.45) is 0. The smallest absolute Gasteiger partial charge is 0.346 e. The fraction of sp³-hybridized carbons (Fsp3) is 0.188. The van der Waals surface area contributed by atoms with Gasteiger partial charge in [-0.15, -0.1) is 0 Å². The number of nitrogens with zero attached hydrogens (tertiary/aromatic N) is 2. The van der Waals surface area contributed by atoms with E-state index in [2.05, 4.69) is 5.32 Å². The van der Waals surface area contributed by atoms with Gasteiger partial charge in [-0.3, -0.25) is 25.0 Å². The molecule has 0 bridgehead atoms. The number of amides is 1. The van der Waals surface area contributed by atoms with Crippen molar-refractivity contribution in [2.24, 2.45) is 0 Å². The van der Waals surface area contributed by atoms with E-state index in [-0.39, 0.29) is 12.1 Å². The van der Waals surface area contributed by atoms with Gasteiger partial charge < -0.3 is 14.8 Å². The summed E-state index contributed by atoms with van der Waals surface area (Å²) in [5.74, 6) is 0.322. The molecule has 0 aliphatic heterocycles. The molecule has 0 atom stereocenters. The van der Waals surface area contributed by atoms with Crippen LogP contribution in [-0.4, -0.2) is 30.0 Å². The van der Waals surface area contributed by atoms with Gasteiger partial charge in [-0.05, 0) is 12.1 Å². The predicted octanol–water partition coefficient (Wildman–Crippen LogP) is 2.45. The largest absolute Gasteiger partial charge is 0.493 e. The van der Waals surface area contributed by atoms with E-state index in [4.69, 9.17) is 9.47 Å². The summed E-state index contributed by atoms with van der Waals surface area (Å²) in [5.41, 5.74) is -0.858. The highest BCUT2D eigenvalue weighted by molar-refractivity contribution is 5.95. The van der Waals surface area contributed by atoms with Crippen molar-refractivity contribution in [2.45, 2.75) is 6.54 Å². The van der Waals surface area contributed by atoms with Crippen LogP contribution in [0, 0.1) is 20.2 Å². The summed E-state index contributed by atoms with van der Waals surface area (Å²) in [7, 11) is 2.94. The minimum Gasteiger partial charge on any atom is -0.493 e. The Bertz CT molecular complexity index is 867. The molecule has 0 saturated heterocycles. The van der Waals surface area contributed by atoms with Crippen LogP contribution in [-0.2, 0) is 6.54 Å². The van der Waals surface area contributed by atoms with E-state index < -0.39 is 27.1 Å². The fourth-order valence-corrected chi connectivity index (χ4v) is 2.34. The minimum atomic E-state index is -0.903. The van der Waals surface area contributed by atoms with Gasteiger partial charge in [-0.2, -0.15) is 0 Å². The van der Waals surface area contributed by atoms with Gasteiger partial charge in [0.05, 0.1) is 24.1 Å². The van der Waals surface area contributed by atoms with Gasteiger partial charge in [0, 0.05) is 29.8 Å². The normalized spacial score (nSPS) is 10.1. The number of hydrogen-bond acceptors (Lipinski definition) is 7. The van der Waals surface area contributed by atoms with Crippen LogP contribution in [0.15, 0.2) is 36.4 Å². The van der Waals surface area contributed by atoms with E-state index >= 15 is 0 Å². The first-order chi connectivity index (χ1) is 12.4. The van der Waals surface area contributed by atoms with E-state index in [1.54, 1.807) is 18.2 Å². The highest BCUT2D eigenvalue weighted by Gasteiger charge is 2.25. The Morgan fingerprint density at radius 2 is 1.73 bits per heavy atom. The number of rotatable bonds is 7. The van der Waals surface area contributed by atoms with Crippen LogP contribution >= 0.6 is 0 Å². The van der Waals surface area contributed by atoms with Gasteiger partial charge in [0.15, 0.2) is 11.5 Å². The summed E-state index contributed by atoms with van der Waals surface area (Å²) >= 11 is 0. The number of hydrogen-bond donors (Lipinski definition) is 1. The third kappa shape index (κ3) is 3.86. The number of para-hydroxylation sites is 1. The van der Waals surface area contributed by atoms with Crippen molar-refractivity contribution in [1.82, 2.24) is 5.32 Å². The number of nitrogens with one attached hydrogen (secondary N) is 1. The van der Waals surface area contributed by atoms with Crippen LogP contribution in [0.5, 0.6) is 11.5 Å². The summed E-state index contributed by atoms with van der Waals surface area (Å²) in [4.78, 5) is 32.3. The zero-order valence-electron chi connectivity index (χ0n) is 13.9. The van der Waals surface area contributed by atoms with E-state index in [1.165, 1.54) is 14.2 Å². The Kier molecular flexibility index (Phi) is 5.68. The van der Waals surface area contributed by atoms with Crippen LogP contribution in [0.4, 0.5) is 11.4 Å². The predicted molar refractivity (Wildman–Crippen MR) is 90.5 cm³/mol. The Morgan fingerprint density at radius 1 is 1.04 bits per heavy atom. The lowest BCUT2D eigenvalue weighted by Crippen LogP contribution is -2.23. The third-order valence-electron chi connectivity index (χ3n) is 3.55. The SMILES string of the molecule is COc1cccc(CNC(=O)c2ccc([N+](=O)[O-])c([N+](=O)[O-])c2)c1OC. The van der Waals surface area contributed by atoms with Crippen molar-refractivity contribution in [3.63, 3.8) is 0 Å². The van der Waals surface area contributed by atoms with E-state index in [0.717, 1.165) is 18.2 Å². The number of nitro benzene ring substituents is 2. The van der Waals surface area contributed by atoms with Crippen molar-refractivity contribution in [3.05, 3.63) is 67.8 Å². The number of benzene rings is 2. The van der Waals surface area contributed by atoms with Gasteiger partial charge in [0.2, 0.25) is 0 Å². The van der Waals surface area contributed by atoms with Gasteiger partial charge in [0.1, 0.15) is 0 Å². The standard InChI is InChI=1S/C16H15N3O7/c1-25-14-5-3-4-11(15(14)26-2)9-17-16(20)10-6-7-12(18(21)22)13(8-10)19(23)24/h3-8H,9H2,1-2H3,(H,17,20). The first-order valence-electron chi connectivity index (χ1n) is 7.30. The zero-order valence-corrected chi connectivity index (χ0v) is 13.9. The molecule has 0 spiro atoms. The van der Waals surface area contributed by atoms with Gasteiger partial charge in [0.25, 0.3) is 5.91 Å². The molecule has 0 unspecified atom stereocenters. The maximum Gasteiger partial charge on any atom is 0.346 e. The Hall–Kier alpha value is -3.69. The lowest BCUT2D eigenvalue weighted by Gasteiger charge is -2.13. The lowest BCUT2D eigenvalue weighted by molar-refractivity contribution is -0.422. The molecule has 10 nitrogen and oxygen atoms in total. The maximum atomic E-state index is 12.3. The van der Waals surface area contributed by atoms with E-state index in [9.17, 15) is 25.0 Å². The second kappa shape index (κ2) is 7.92. The van der Waals surface area contributed by atoms with Crippen LogP contribution in [0.1, 0.15) is 15.9 Å². The molecule has 0 aliphatic rings. The molecule has 26 heavy (non-hydrogen) atoms. The number of carbonyl (C=O) groups is 1. The number of ether oxygens (including phenoxy) is 2. The fourth-order valence-electron chi connectivity index (χ4n) is 2.34. The molecule has 2 aromatic rings. The summed E-state index contributed by atoms with van der Waals surface area (Å²) in [6, 6.07) is 8.10. The van der Waals surface area contributed by atoms with Crippen molar-refractivity contribution >= 4 is 17.3 Å².